The quantitative estimate of drug-likeness (QED) is 0.784. The molecular formula is C13H14BrNO. The van der Waals surface area contributed by atoms with Crippen molar-refractivity contribution in [3.8, 4) is 11.8 Å². The largest absolute Gasteiger partial charge is 0.486 e. The average molecular weight is 280 g/mol. The van der Waals surface area contributed by atoms with Crippen LogP contribution in [-0.2, 0) is 6.42 Å². The van der Waals surface area contributed by atoms with Crippen LogP contribution in [0.4, 0.5) is 0 Å². The van der Waals surface area contributed by atoms with Gasteiger partial charge in [0, 0.05) is 6.42 Å². The van der Waals surface area contributed by atoms with Gasteiger partial charge in [-0.15, -0.1) is 0 Å². The molecule has 0 saturated carbocycles. The Morgan fingerprint density at radius 2 is 2.19 bits per heavy atom. The van der Waals surface area contributed by atoms with E-state index in [1.165, 1.54) is 5.56 Å². The Hall–Kier alpha value is -1.01. The number of halogens is 1. The third-order valence-corrected chi connectivity index (χ3v) is 3.42. The molecular weight excluding hydrogens is 266 g/mol. The zero-order valence-electron chi connectivity index (χ0n) is 9.67. The van der Waals surface area contributed by atoms with Crippen LogP contribution >= 0.6 is 15.9 Å². The van der Waals surface area contributed by atoms with E-state index in [1.54, 1.807) is 0 Å². The second-order valence-corrected chi connectivity index (χ2v) is 5.73. The van der Waals surface area contributed by atoms with Crippen LogP contribution in [0.3, 0.4) is 0 Å². The maximum atomic E-state index is 8.93. The lowest BCUT2D eigenvalue weighted by Gasteiger charge is -2.17. The molecule has 84 valence electrons. The molecule has 0 saturated heterocycles. The lowest BCUT2D eigenvalue weighted by Crippen LogP contribution is -2.24. The maximum absolute atomic E-state index is 8.93. The third kappa shape index (κ3) is 1.94. The number of fused-ring (bicyclic) bond motifs is 1. The Labute approximate surface area is 104 Å². The molecule has 0 amide bonds. The summed E-state index contributed by atoms with van der Waals surface area (Å²) in [6.45, 7) is 6.06. The van der Waals surface area contributed by atoms with Crippen molar-refractivity contribution in [1.29, 1.82) is 5.26 Å². The van der Waals surface area contributed by atoms with E-state index >= 15 is 0 Å². The summed E-state index contributed by atoms with van der Waals surface area (Å²) in [5.41, 5.74) is 2.10. The van der Waals surface area contributed by atoms with E-state index in [4.69, 9.17) is 10.00 Å². The first kappa shape index (κ1) is 11.5. The van der Waals surface area contributed by atoms with E-state index in [2.05, 4.69) is 41.9 Å². The summed E-state index contributed by atoms with van der Waals surface area (Å²) >= 11 is 3.51. The third-order valence-electron chi connectivity index (χ3n) is 2.83. The number of nitriles is 1. The Morgan fingerprint density at radius 1 is 1.50 bits per heavy atom. The molecule has 0 bridgehead atoms. The fraction of sp³-hybridized carbons (Fsp3) is 0.462. The minimum absolute atomic E-state index is 0.0784. The van der Waals surface area contributed by atoms with E-state index < -0.39 is 0 Å². The van der Waals surface area contributed by atoms with Gasteiger partial charge >= 0.3 is 0 Å². The smallest absolute Gasteiger partial charge is 0.137 e. The van der Waals surface area contributed by atoms with Gasteiger partial charge in [0.2, 0.25) is 0 Å². The van der Waals surface area contributed by atoms with Crippen LogP contribution in [-0.4, -0.2) is 5.60 Å². The number of hydrogen-bond acceptors (Lipinski definition) is 2. The zero-order valence-corrected chi connectivity index (χ0v) is 11.3. The average Bonchev–Trinajstić information content (AvgIpc) is 2.52. The number of ether oxygens (including phenoxy) is 1. The lowest BCUT2D eigenvalue weighted by atomic mass is 9.96. The summed E-state index contributed by atoms with van der Waals surface area (Å²) in [5, 5.41) is 8.93. The van der Waals surface area contributed by atoms with Crippen molar-refractivity contribution >= 4 is 15.9 Å². The molecule has 1 aliphatic heterocycles. The van der Waals surface area contributed by atoms with Gasteiger partial charge in [0.05, 0.1) is 16.5 Å². The second-order valence-electron chi connectivity index (χ2n) is 4.88. The molecule has 0 spiro atoms. The summed E-state index contributed by atoms with van der Waals surface area (Å²) in [7, 11) is 0. The summed E-state index contributed by atoms with van der Waals surface area (Å²) in [6.07, 6.45) is 0.896. The molecule has 3 heteroatoms. The maximum Gasteiger partial charge on any atom is 0.137 e. The summed E-state index contributed by atoms with van der Waals surface area (Å²) in [6, 6.07) is 6.33. The Balaban J connectivity index is 2.47. The molecule has 1 unspecified atom stereocenters. The minimum Gasteiger partial charge on any atom is -0.486 e. The summed E-state index contributed by atoms with van der Waals surface area (Å²) in [4.78, 5) is 0. The lowest BCUT2D eigenvalue weighted by molar-refractivity contribution is 0.137. The van der Waals surface area contributed by atoms with Crippen molar-refractivity contribution in [2.45, 2.75) is 38.7 Å². The van der Waals surface area contributed by atoms with Gasteiger partial charge < -0.3 is 4.74 Å². The normalized spacial score (nSPS) is 18.4. The van der Waals surface area contributed by atoms with Gasteiger partial charge in [-0.1, -0.05) is 6.07 Å². The van der Waals surface area contributed by atoms with Gasteiger partial charge in [-0.05, 0) is 53.9 Å². The molecule has 1 atom stereocenters. The molecule has 0 fully saturated rings. The molecule has 16 heavy (non-hydrogen) atoms. The monoisotopic (exact) mass is 279 g/mol. The predicted molar refractivity (Wildman–Crippen MR) is 66.6 cm³/mol. The Morgan fingerprint density at radius 3 is 2.81 bits per heavy atom. The van der Waals surface area contributed by atoms with Crippen LogP contribution in [0, 0.1) is 11.3 Å². The first-order chi connectivity index (χ1) is 7.43. The first-order valence-electron chi connectivity index (χ1n) is 5.34. The van der Waals surface area contributed by atoms with Gasteiger partial charge in [-0.2, -0.15) is 5.26 Å². The van der Waals surface area contributed by atoms with E-state index in [0.717, 1.165) is 22.2 Å². The highest BCUT2D eigenvalue weighted by Gasteiger charge is 2.32. The molecule has 0 N–H and O–H groups in total. The van der Waals surface area contributed by atoms with Gasteiger partial charge in [0.1, 0.15) is 11.4 Å². The Bertz CT molecular complexity index is 474. The fourth-order valence-corrected chi connectivity index (χ4v) is 2.61. The van der Waals surface area contributed by atoms with Crippen molar-refractivity contribution in [2.24, 2.45) is 0 Å². The number of rotatable bonds is 1. The highest BCUT2D eigenvalue weighted by Crippen LogP contribution is 2.42. The highest BCUT2D eigenvalue weighted by molar-refractivity contribution is 9.10. The SMILES string of the molecule is CC(C#N)c1cc(Br)c2c(c1)CC(C)(C)O2. The van der Waals surface area contributed by atoms with Crippen LogP contribution in [0.2, 0.25) is 0 Å². The molecule has 2 nitrogen and oxygen atoms in total. The topological polar surface area (TPSA) is 33.0 Å². The van der Waals surface area contributed by atoms with E-state index in [-0.39, 0.29) is 11.5 Å². The predicted octanol–water partition coefficient (Wildman–Crippen LogP) is 3.79. The molecule has 0 aliphatic carbocycles. The highest BCUT2D eigenvalue weighted by atomic mass is 79.9. The van der Waals surface area contributed by atoms with E-state index in [0.29, 0.717) is 0 Å². The zero-order chi connectivity index (χ0) is 11.9. The van der Waals surface area contributed by atoms with Crippen LogP contribution in [0.15, 0.2) is 16.6 Å². The van der Waals surface area contributed by atoms with Gasteiger partial charge in [0.25, 0.3) is 0 Å². The molecule has 1 aliphatic rings. The van der Waals surface area contributed by atoms with Crippen molar-refractivity contribution < 1.29 is 4.74 Å². The molecule has 0 aromatic heterocycles. The minimum atomic E-state index is -0.140. The summed E-state index contributed by atoms with van der Waals surface area (Å²) in [5.74, 6) is 0.851. The van der Waals surface area contributed by atoms with Crippen molar-refractivity contribution in [3.05, 3.63) is 27.7 Å². The molecule has 0 radical (unpaired) electrons. The van der Waals surface area contributed by atoms with Crippen molar-refractivity contribution in [2.75, 3.05) is 0 Å². The summed E-state index contributed by atoms with van der Waals surface area (Å²) < 4.78 is 6.82. The van der Waals surface area contributed by atoms with Crippen LogP contribution in [0.5, 0.6) is 5.75 Å². The number of nitrogens with zero attached hydrogens (tertiary/aromatic N) is 1. The van der Waals surface area contributed by atoms with Crippen LogP contribution in [0.1, 0.15) is 37.8 Å². The van der Waals surface area contributed by atoms with Crippen molar-refractivity contribution in [1.82, 2.24) is 0 Å². The second kappa shape index (κ2) is 3.78. The van der Waals surface area contributed by atoms with E-state index in [9.17, 15) is 0 Å². The first-order valence-corrected chi connectivity index (χ1v) is 6.13. The molecule has 1 heterocycles. The number of benzene rings is 1. The fourth-order valence-electron chi connectivity index (χ4n) is 2.01. The van der Waals surface area contributed by atoms with Crippen molar-refractivity contribution in [3.63, 3.8) is 0 Å². The van der Waals surface area contributed by atoms with Gasteiger partial charge in [-0.25, -0.2) is 0 Å². The van der Waals surface area contributed by atoms with Crippen LogP contribution < -0.4 is 4.74 Å². The van der Waals surface area contributed by atoms with Gasteiger partial charge in [-0.3, -0.25) is 0 Å². The molecule has 1 aromatic rings. The van der Waals surface area contributed by atoms with Gasteiger partial charge in [0.15, 0.2) is 0 Å². The van der Waals surface area contributed by atoms with E-state index in [1.807, 2.05) is 13.0 Å². The standard InChI is InChI=1S/C13H14BrNO/c1-8(7-15)9-4-10-6-13(2,3)16-12(10)11(14)5-9/h4-5,8H,6H2,1-3H3. The molecule has 2 rings (SSSR count). The van der Waals surface area contributed by atoms with Crippen LogP contribution in [0.25, 0.3) is 0 Å². The number of hydrogen-bond donors (Lipinski definition) is 0. The Kier molecular flexibility index (Phi) is 2.71. The molecule has 1 aromatic carbocycles.